The van der Waals surface area contributed by atoms with Gasteiger partial charge in [0, 0.05) is 24.0 Å². The number of rotatable bonds is 5. The summed E-state index contributed by atoms with van der Waals surface area (Å²) in [6.07, 6.45) is 6.25. The number of aromatic nitrogens is 4. The van der Waals surface area contributed by atoms with E-state index in [1.165, 1.54) is 48.3 Å². The molecular formula is C17H27N5. The topological polar surface area (TPSA) is 58.5 Å². The molecule has 5 heteroatoms. The molecule has 0 amide bonds. The minimum absolute atomic E-state index is 0.371. The largest absolute Gasteiger partial charge is 0.307 e. The summed E-state index contributed by atoms with van der Waals surface area (Å²) in [5.41, 5.74) is 6.34. The molecule has 2 N–H and O–H groups in total. The average Bonchev–Trinajstić information content (AvgIpc) is 2.90. The van der Waals surface area contributed by atoms with E-state index in [2.05, 4.69) is 45.2 Å². The van der Waals surface area contributed by atoms with Crippen molar-refractivity contribution in [2.24, 2.45) is 0 Å². The van der Waals surface area contributed by atoms with Gasteiger partial charge in [-0.05, 0) is 58.1 Å². The van der Waals surface area contributed by atoms with Crippen LogP contribution in [0, 0.1) is 13.8 Å². The van der Waals surface area contributed by atoms with Crippen molar-refractivity contribution in [2.45, 2.75) is 72.0 Å². The zero-order valence-corrected chi connectivity index (χ0v) is 13.9. The molecule has 0 saturated carbocycles. The van der Waals surface area contributed by atoms with Crippen LogP contribution in [0.4, 0.5) is 0 Å². The van der Waals surface area contributed by atoms with Gasteiger partial charge in [0.25, 0.3) is 0 Å². The molecule has 0 saturated heterocycles. The van der Waals surface area contributed by atoms with Gasteiger partial charge in [0.05, 0.1) is 17.9 Å². The van der Waals surface area contributed by atoms with Crippen molar-refractivity contribution in [3.8, 4) is 0 Å². The average molecular weight is 301 g/mol. The van der Waals surface area contributed by atoms with E-state index in [4.69, 9.17) is 0 Å². The van der Waals surface area contributed by atoms with Gasteiger partial charge in [0.1, 0.15) is 0 Å². The van der Waals surface area contributed by atoms with Crippen LogP contribution >= 0.6 is 0 Å². The van der Waals surface area contributed by atoms with Crippen LogP contribution in [0.25, 0.3) is 0 Å². The Morgan fingerprint density at radius 3 is 2.86 bits per heavy atom. The van der Waals surface area contributed by atoms with Crippen LogP contribution in [0.5, 0.6) is 0 Å². The van der Waals surface area contributed by atoms with Crippen molar-refractivity contribution in [3.63, 3.8) is 0 Å². The number of nitrogens with one attached hydrogen (secondary N) is 2. The first-order valence-electron chi connectivity index (χ1n) is 8.43. The summed E-state index contributed by atoms with van der Waals surface area (Å²) in [4.78, 5) is 0. The standard InChI is InChI=1S/C17H27N5/c1-12-9-14(3)22(21-12)11-13(2)18-10-17-15-7-5-4-6-8-16(15)19-20-17/h9,13,18H,4-8,10-11H2,1-3H3,(H,19,20)/t13-/m0/s1. The summed E-state index contributed by atoms with van der Waals surface area (Å²) in [7, 11) is 0. The molecule has 0 aliphatic heterocycles. The Kier molecular flexibility index (Phi) is 4.62. The number of hydrogen-bond donors (Lipinski definition) is 2. The Labute approximate surface area is 132 Å². The molecule has 1 atom stereocenters. The highest BCUT2D eigenvalue weighted by Crippen LogP contribution is 2.21. The van der Waals surface area contributed by atoms with E-state index in [-0.39, 0.29) is 0 Å². The van der Waals surface area contributed by atoms with Crippen LogP contribution < -0.4 is 5.32 Å². The first-order valence-corrected chi connectivity index (χ1v) is 8.43. The molecule has 22 heavy (non-hydrogen) atoms. The molecule has 0 spiro atoms. The number of hydrogen-bond acceptors (Lipinski definition) is 3. The van der Waals surface area contributed by atoms with Gasteiger partial charge < -0.3 is 5.32 Å². The summed E-state index contributed by atoms with van der Waals surface area (Å²) in [5, 5.41) is 15.9. The number of aromatic amines is 1. The Morgan fingerprint density at radius 2 is 2.09 bits per heavy atom. The summed E-state index contributed by atoms with van der Waals surface area (Å²) < 4.78 is 2.08. The molecule has 1 aliphatic rings. The van der Waals surface area contributed by atoms with Gasteiger partial charge in [-0.15, -0.1) is 0 Å². The lowest BCUT2D eigenvalue weighted by molar-refractivity contribution is 0.441. The summed E-state index contributed by atoms with van der Waals surface area (Å²) in [6.45, 7) is 8.10. The molecule has 2 aromatic rings. The van der Waals surface area contributed by atoms with E-state index in [1.54, 1.807) is 0 Å². The molecule has 0 unspecified atom stereocenters. The van der Waals surface area contributed by atoms with Crippen LogP contribution in [-0.4, -0.2) is 26.0 Å². The van der Waals surface area contributed by atoms with Crippen molar-refractivity contribution in [3.05, 3.63) is 34.4 Å². The molecule has 2 heterocycles. The van der Waals surface area contributed by atoms with Crippen molar-refractivity contribution in [1.82, 2.24) is 25.3 Å². The van der Waals surface area contributed by atoms with Crippen LogP contribution in [0.15, 0.2) is 6.07 Å². The van der Waals surface area contributed by atoms with E-state index in [0.717, 1.165) is 25.2 Å². The summed E-state index contributed by atoms with van der Waals surface area (Å²) in [6, 6.07) is 2.50. The number of nitrogens with zero attached hydrogens (tertiary/aromatic N) is 3. The minimum atomic E-state index is 0.371. The number of fused-ring (bicyclic) bond motifs is 1. The van der Waals surface area contributed by atoms with Gasteiger partial charge in [0.2, 0.25) is 0 Å². The van der Waals surface area contributed by atoms with Gasteiger partial charge in [-0.3, -0.25) is 9.78 Å². The van der Waals surface area contributed by atoms with E-state index in [0.29, 0.717) is 6.04 Å². The highest BCUT2D eigenvalue weighted by molar-refractivity contribution is 5.26. The third-order valence-corrected chi connectivity index (χ3v) is 4.56. The number of H-pyrrole nitrogens is 1. The lowest BCUT2D eigenvalue weighted by Gasteiger charge is -2.15. The van der Waals surface area contributed by atoms with Gasteiger partial charge in [-0.1, -0.05) is 6.42 Å². The molecule has 120 valence electrons. The van der Waals surface area contributed by atoms with E-state index < -0.39 is 0 Å². The van der Waals surface area contributed by atoms with E-state index >= 15 is 0 Å². The molecule has 0 aromatic carbocycles. The van der Waals surface area contributed by atoms with E-state index in [9.17, 15) is 0 Å². The maximum absolute atomic E-state index is 4.53. The van der Waals surface area contributed by atoms with Gasteiger partial charge in [-0.25, -0.2) is 0 Å². The molecule has 2 aromatic heterocycles. The van der Waals surface area contributed by atoms with Crippen molar-refractivity contribution in [1.29, 1.82) is 0 Å². The molecule has 1 aliphatic carbocycles. The Balaban J connectivity index is 1.58. The smallest absolute Gasteiger partial charge is 0.0794 e. The molecule has 5 nitrogen and oxygen atoms in total. The fourth-order valence-electron chi connectivity index (χ4n) is 3.33. The monoisotopic (exact) mass is 301 g/mol. The first-order chi connectivity index (χ1) is 10.6. The highest BCUT2D eigenvalue weighted by atomic mass is 15.3. The van der Waals surface area contributed by atoms with Crippen LogP contribution in [0.2, 0.25) is 0 Å². The zero-order chi connectivity index (χ0) is 15.5. The zero-order valence-electron chi connectivity index (χ0n) is 13.9. The molecule has 0 bridgehead atoms. The SMILES string of the molecule is Cc1cc(C)n(C[C@H](C)NCc2n[nH]c3c2CCCCC3)n1. The third kappa shape index (κ3) is 3.40. The predicted molar refractivity (Wildman–Crippen MR) is 87.8 cm³/mol. The summed E-state index contributed by atoms with van der Waals surface area (Å²) in [5.74, 6) is 0. The van der Waals surface area contributed by atoms with Gasteiger partial charge in [0.15, 0.2) is 0 Å². The second-order valence-electron chi connectivity index (χ2n) is 6.58. The second kappa shape index (κ2) is 6.65. The predicted octanol–water partition coefficient (Wildman–Crippen LogP) is 2.67. The Bertz CT molecular complexity index is 625. The Morgan fingerprint density at radius 1 is 1.27 bits per heavy atom. The van der Waals surface area contributed by atoms with Crippen LogP contribution in [0.1, 0.15) is 54.5 Å². The maximum Gasteiger partial charge on any atom is 0.0794 e. The summed E-state index contributed by atoms with van der Waals surface area (Å²) >= 11 is 0. The molecule has 3 rings (SSSR count). The normalized spacial score (nSPS) is 16.3. The number of aryl methyl sites for hydroxylation is 3. The van der Waals surface area contributed by atoms with Crippen molar-refractivity contribution < 1.29 is 0 Å². The maximum atomic E-state index is 4.53. The van der Waals surface area contributed by atoms with Crippen LogP contribution in [0.3, 0.4) is 0 Å². The van der Waals surface area contributed by atoms with E-state index in [1.807, 2.05) is 6.92 Å². The third-order valence-electron chi connectivity index (χ3n) is 4.56. The Hall–Kier alpha value is -1.62. The molecular weight excluding hydrogens is 274 g/mol. The van der Waals surface area contributed by atoms with Crippen molar-refractivity contribution >= 4 is 0 Å². The quantitative estimate of drug-likeness (QED) is 0.835. The van der Waals surface area contributed by atoms with Gasteiger partial charge >= 0.3 is 0 Å². The molecule has 0 fully saturated rings. The first kappa shape index (κ1) is 15.3. The lowest BCUT2D eigenvalue weighted by atomic mass is 10.1. The fourth-order valence-corrected chi connectivity index (χ4v) is 3.33. The van der Waals surface area contributed by atoms with Crippen molar-refractivity contribution in [2.75, 3.05) is 0 Å². The minimum Gasteiger partial charge on any atom is -0.307 e. The molecule has 0 radical (unpaired) electrons. The van der Waals surface area contributed by atoms with Gasteiger partial charge in [-0.2, -0.15) is 10.2 Å². The second-order valence-corrected chi connectivity index (χ2v) is 6.58. The van der Waals surface area contributed by atoms with Crippen LogP contribution in [-0.2, 0) is 25.9 Å². The lowest BCUT2D eigenvalue weighted by Crippen LogP contribution is -2.31. The fraction of sp³-hybridized carbons (Fsp3) is 0.647. The highest BCUT2D eigenvalue weighted by Gasteiger charge is 2.16.